The van der Waals surface area contributed by atoms with Crippen molar-refractivity contribution in [2.24, 2.45) is 0 Å². The highest BCUT2D eigenvalue weighted by Gasteiger charge is 2.39. The van der Waals surface area contributed by atoms with Crippen LogP contribution in [0.15, 0.2) is 53.3 Å². The number of nitrogens with zero attached hydrogens (tertiary/aromatic N) is 5. The molecule has 0 atom stereocenters. The first-order chi connectivity index (χ1) is 17.4. The Balaban J connectivity index is 1.51. The number of piperazine rings is 1. The third kappa shape index (κ3) is 4.78. The molecule has 3 aromatic heterocycles. The van der Waals surface area contributed by atoms with Gasteiger partial charge in [0.25, 0.3) is 5.91 Å². The Morgan fingerprint density at radius 1 is 1.14 bits per heavy atom. The highest BCUT2D eigenvalue weighted by atomic mass is 35.5. The Bertz CT molecular complexity index is 1480. The average molecular weight is 522 g/mol. The number of benzene rings is 1. The fourth-order valence-corrected chi connectivity index (χ4v) is 4.94. The fraction of sp³-hybridized carbons (Fsp3) is 0.357. The molecule has 1 amide bonds. The van der Waals surface area contributed by atoms with Gasteiger partial charge in [0.1, 0.15) is 23.5 Å². The number of halogens is 2. The molecule has 5 rings (SSSR count). The van der Waals surface area contributed by atoms with Gasteiger partial charge in [-0.05, 0) is 43.5 Å². The van der Waals surface area contributed by atoms with Crippen molar-refractivity contribution in [2.45, 2.75) is 45.6 Å². The lowest BCUT2D eigenvalue weighted by Crippen LogP contribution is -2.61. The van der Waals surface area contributed by atoms with Crippen molar-refractivity contribution in [3.63, 3.8) is 0 Å². The summed E-state index contributed by atoms with van der Waals surface area (Å²) in [7, 11) is 0. The van der Waals surface area contributed by atoms with Gasteiger partial charge in [0, 0.05) is 43.0 Å². The minimum atomic E-state index is -0.509. The van der Waals surface area contributed by atoms with Gasteiger partial charge in [-0.1, -0.05) is 38.4 Å². The van der Waals surface area contributed by atoms with Crippen LogP contribution in [0.3, 0.4) is 0 Å². The Morgan fingerprint density at radius 3 is 2.57 bits per heavy atom. The molecule has 1 aliphatic heterocycles. The number of hydrogen-bond donors (Lipinski definition) is 0. The van der Waals surface area contributed by atoms with E-state index in [9.17, 15) is 9.18 Å². The summed E-state index contributed by atoms with van der Waals surface area (Å²) in [6.45, 7) is 12.0. The fourth-order valence-electron chi connectivity index (χ4n) is 4.82. The Kier molecular flexibility index (Phi) is 6.18. The molecule has 7 nitrogen and oxygen atoms in total. The molecular weight excluding hydrogens is 493 g/mol. The summed E-state index contributed by atoms with van der Waals surface area (Å²) in [5, 5.41) is 0.0551. The number of carbonyl (C=O) groups is 1. The maximum atomic E-state index is 14.2. The van der Waals surface area contributed by atoms with E-state index in [4.69, 9.17) is 21.0 Å². The molecule has 0 radical (unpaired) electrons. The van der Waals surface area contributed by atoms with Crippen LogP contribution in [-0.2, 0) is 5.41 Å². The van der Waals surface area contributed by atoms with Gasteiger partial charge in [0.15, 0.2) is 11.3 Å². The zero-order valence-corrected chi connectivity index (χ0v) is 22.3. The number of rotatable bonds is 3. The molecule has 0 bridgehead atoms. The van der Waals surface area contributed by atoms with E-state index < -0.39 is 11.4 Å². The molecule has 1 aromatic carbocycles. The quantitative estimate of drug-likeness (QED) is 0.323. The summed E-state index contributed by atoms with van der Waals surface area (Å²) in [6, 6.07) is 10.1. The van der Waals surface area contributed by atoms with Crippen LogP contribution < -0.4 is 4.90 Å². The Morgan fingerprint density at radius 2 is 1.92 bits per heavy atom. The summed E-state index contributed by atoms with van der Waals surface area (Å²) < 4.78 is 20.4. The molecule has 0 N–H and O–H groups in total. The predicted molar refractivity (Wildman–Crippen MR) is 142 cm³/mol. The zero-order chi connectivity index (χ0) is 26.5. The van der Waals surface area contributed by atoms with Crippen LogP contribution in [-0.4, -0.2) is 50.9 Å². The van der Waals surface area contributed by atoms with E-state index >= 15 is 0 Å². The lowest BCUT2D eigenvalue weighted by Gasteiger charge is -2.47. The number of fused-ring (bicyclic) bond motifs is 1. The van der Waals surface area contributed by atoms with E-state index in [-0.39, 0.29) is 22.1 Å². The molecule has 4 aromatic rings. The Hall–Kier alpha value is -3.52. The van der Waals surface area contributed by atoms with Crippen molar-refractivity contribution in [1.82, 2.24) is 19.9 Å². The van der Waals surface area contributed by atoms with Gasteiger partial charge < -0.3 is 14.2 Å². The average Bonchev–Trinajstić information content (AvgIpc) is 3.28. The van der Waals surface area contributed by atoms with E-state index in [1.165, 1.54) is 18.5 Å². The van der Waals surface area contributed by atoms with Gasteiger partial charge >= 0.3 is 0 Å². The number of hydrogen-bond acceptors (Lipinski definition) is 6. The van der Waals surface area contributed by atoms with Crippen LogP contribution in [0.5, 0.6) is 0 Å². The summed E-state index contributed by atoms with van der Waals surface area (Å²) in [6.07, 6.45) is 3.24. The van der Waals surface area contributed by atoms with Crippen molar-refractivity contribution >= 4 is 34.4 Å². The topological polar surface area (TPSA) is 75.4 Å². The highest BCUT2D eigenvalue weighted by Crippen LogP contribution is 2.36. The summed E-state index contributed by atoms with van der Waals surface area (Å²) in [5.41, 5.74) is 2.42. The number of furan rings is 1. The first-order valence-corrected chi connectivity index (χ1v) is 12.6. The van der Waals surface area contributed by atoms with E-state index in [0.717, 1.165) is 11.4 Å². The van der Waals surface area contributed by atoms with Crippen molar-refractivity contribution in [3.05, 3.63) is 71.1 Å². The monoisotopic (exact) mass is 521 g/mol. The van der Waals surface area contributed by atoms with Gasteiger partial charge in [0.2, 0.25) is 0 Å². The molecule has 0 spiro atoms. The molecule has 37 heavy (non-hydrogen) atoms. The number of anilines is 1. The largest absolute Gasteiger partial charge is 0.449 e. The third-order valence-corrected chi connectivity index (χ3v) is 7.06. The van der Waals surface area contributed by atoms with Crippen molar-refractivity contribution in [1.29, 1.82) is 0 Å². The standard InChI is InChI=1S/C28H29ClFN5O2/c1-27(2,3)18-13-21(17-6-7-19(29)20(30)12-17)33-22-14-23(37-25(18)22)26(36)35-11-10-34(15-28(35,4)5)24-8-9-31-16-32-24/h6-9,12-14,16H,10-11,15H2,1-5H3. The van der Waals surface area contributed by atoms with Crippen LogP contribution in [0.25, 0.3) is 22.4 Å². The number of aromatic nitrogens is 3. The van der Waals surface area contributed by atoms with E-state index in [1.54, 1.807) is 18.3 Å². The predicted octanol–water partition coefficient (Wildman–Crippen LogP) is 6.12. The van der Waals surface area contributed by atoms with Crippen LogP contribution in [0.4, 0.5) is 10.2 Å². The van der Waals surface area contributed by atoms with E-state index in [0.29, 0.717) is 42.0 Å². The first-order valence-electron chi connectivity index (χ1n) is 12.2. The second-order valence-electron chi connectivity index (χ2n) is 11.0. The smallest absolute Gasteiger partial charge is 0.290 e. The minimum absolute atomic E-state index is 0.0551. The molecule has 0 unspecified atom stereocenters. The lowest BCUT2D eigenvalue weighted by atomic mass is 9.86. The molecule has 9 heteroatoms. The second kappa shape index (κ2) is 9.10. The summed E-state index contributed by atoms with van der Waals surface area (Å²) >= 11 is 5.88. The molecule has 192 valence electrons. The van der Waals surface area contributed by atoms with Crippen molar-refractivity contribution in [3.8, 4) is 11.3 Å². The van der Waals surface area contributed by atoms with Crippen molar-refractivity contribution in [2.75, 3.05) is 24.5 Å². The van der Waals surface area contributed by atoms with Gasteiger partial charge in [-0.25, -0.2) is 19.3 Å². The molecular formula is C28H29ClFN5O2. The van der Waals surface area contributed by atoms with Crippen LogP contribution in [0, 0.1) is 5.82 Å². The third-order valence-electron chi connectivity index (χ3n) is 6.75. The maximum Gasteiger partial charge on any atom is 0.290 e. The number of amides is 1. The summed E-state index contributed by atoms with van der Waals surface area (Å²) in [5.74, 6) is 0.370. The summed E-state index contributed by atoms with van der Waals surface area (Å²) in [4.78, 5) is 30.8. The molecule has 1 saturated heterocycles. The molecule has 1 aliphatic rings. The van der Waals surface area contributed by atoms with Crippen molar-refractivity contribution < 1.29 is 13.6 Å². The van der Waals surface area contributed by atoms with Gasteiger partial charge in [-0.3, -0.25) is 4.79 Å². The zero-order valence-electron chi connectivity index (χ0n) is 21.5. The Labute approximate surface area is 220 Å². The second-order valence-corrected chi connectivity index (χ2v) is 11.4. The molecule has 1 fully saturated rings. The van der Waals surface area contributed by atoms with Gasteiger partial charge in [-0.15, -0.1) is 0 Å². The molecule has 0 aliphatic carbocycles. The maximum absolute atomic E-state index is 14.2. The van der Waals surface area contributed by atoms with E-state index in [1.807, 2.05) is 30.9 Å². The number of carbonyl (C=O) groups excluding carboxylic acids is 1. The van der Waals surface area contributed by atoms with Crippen LogP contribution in [0.1, 0.15) is 50.7 Å². The highest BCUT2D eigenvalue weighted by molar-refractivity contribution is 6.30. The van der Waals surface area contributed by atoms with Gasteiger partial charge in [-0.2, -0.15) is 0 Å². The minimum Gasteiger partial charge on any atom is -0.449 e. The number of pyridine rings is 1. The lowest BCUT2D eigenvalue weighted by molar-refractivity contribution is 0.0483. The SMILES string of the molecule is CC(C)(C)c1cc(-c2ccc(Cl)c(F)c2)nc2cc(C(=O)N3CCN(c4ccncn4)CC3(C)C)oc12. The molecule has 0 saturated carbocycles. The molecule has 4 heterocycles. The van der Waals surface area contributed by atoms with Crippen LogP contribution in [0.2, 0.25) is 5.02 Å². The normalized spacial score (nSPS) is 15.9. The van der Waals surface area contributed by atoms with Gasteiger partial charge in [0.05, 0.1) is 16.3 Å². The van der Waals surface area contributed by atoms with Crippen LogP contribution >= 0.6 is 11.6 Å². The first kappa shape index (κ1) is 25.1. The van der Waals surface area contributed by atoms with E-state index in [2.05, 4.69) is 35.6 Å².